The molecular formula is C13H12BrNO4S. The lowest BCUT2D eigenvalue weighted by molar-refractivity contribution is 0.0915. The van der Waals surface area contributed by atoms with E-state index < -0.39 is 9.84 Å². The van der Waals surface area contributed by atoms with Crippen LogP contribution in [0.2, 0.25) is 0 Å². The van der Waals surface area contributed by atoms with Crippen molar-refractivity contribution in [1.29, 1.82) is 0 Å². The summed E-state index contributed by atoms with van der Waals surface area (Å²) in [5.41, 5.74) is 0.623. The lowest BCUT2D eigenvalue weighted by Crippen LogP contribution is -2.35. The number of carbonyl (C=O) groups excluding carboxylic acids is 1. The molecule has 0 radical (unpaired) electrons. The molecule has 1 amide bonds. The molecule has 1 atom stereocenters. The van der Waals surface area contributed by atoms with Gasteiger partial charge in [0.1, 0.15) is 5.58 Å². The molecule has 1 aliphatic rings. The van der Waals surface area contributed by atoms with Gasteiger partial charge >= 0.3 is 0 Å². The van der Waals surface area contributed by atoms with E-state index in [0.717, 1.165) is 9.86 Å². The number of rotatable bonds is 2. The normalized spacial score (nSPS) is 21.1. The number of halogens is 1. The number of hydrogen-bond acceptors (Lipinski definition) is 4. The Bertz CT molecular complexity index is 781. The van der Waals surface area contributed by atoms with E-state index in [2.05, 4.69) is 21.2 Å². The minimum atomic E-state index is -3.01. The van der Waals surface area contributed by atoms with E-state index in [1.165, 1.54) is 0 Å². The van der Waals surface area contributed by atoms with Gasteiger partial charge in [-0.2, -0.15) is 0 Å². The van der Waals surface area contributed by atoms with E-state index in [-0.39, 0.29) is 29.2 Å². The maximum Gasteiger partial charge on any atom is 0.287 e. The van der Waals surface area contributed by atoms with Crippen molar-refractivity contribution in [1.82, 2.24) is 5.32 Å². The van der Waals surface area contributed by atoms with Crippen molar-refractivity contribution in [3.63, 3.8) is 0 Å². The number of fused-ring (bicyclic) bond motifs is 1. The molecule has 3 rings (SSSR count). The lowest BCUT2D eigenvalue weighted by Gasteiger charge is -2.08. The summed E-state index contributed by atoms with van der Waals surface area (Å²) >= 11 is 3.35. The van der Waals surface area contributed by atoms with Gasteiger partial charge in [0, 0.05) is 15.9 Å². The highest BCUT2D eigenvalue weighted by molar-refractivity contribution is 9.10. The van der Waals surface area contributed by atoms with Crippen LogP contribution in [-0.2, 0) is 9.84 Å². The number of hydrogen-bond donors (Lipinski definition) is 1. The van der Waals surface area contributed by atoms with E-state index in [1.54, 1.807) is 12.1 Å². The zero-order valence-electron chi connectivity index (χ0n) is 10.4. The second-order valence-electron chi connectivity index (χ2n) is 4.87. The van der Waals surface area contributed by atoms with Crippen molar-refractivity contribution in [2.75, 3.05) is 11.5 Å². The Balaban J connectivity index is 1.79. The van der Waals surface area contributed by atoms with Crippen LogP contribution in [0.3, 0.4) is 0 Å². The minimum absolute atomic E-state index is 0.00448. The number of furan rings is 1. The zero-order chi connectivity index (χ0) is 14.3. The highest BCUT2D eigenvalue weighted by Crippen LogP contribution is 2.23. The third-order valence-corrected chi connectivity index (χ3v) is 5.53. The molecule has 106 valence electrons. The highest BCUT2D eigenvalue weighted by Gasteiger charge is 2.29. The highest BCUT2D eigenvalue weighted by atomic mass is 79.9. The first-order chi connectivity index (χ1) is 9.43. The van der Waals surface area contributed by atoms with Gasteiger partial charge in [0.05, 0.1) is 11.5 Å². The van der Waals surface area contributed by atoms with Crippen molar-refractivity contribution in [3.8, 4) is 0 Å². The summed E-state index contributed by atoms with van der Waals surface area (Å²) in [6, 6.07) is 6.79. The van der Waals surface area contributed by atoms with Crippen molar-refractivity contribution < 1.29 is 17.6 Å². The molecule has 1 saturated heterocycles. The van der Waals surface area contributed by atoms with Crippen LogP contribution in [0, 0.1) is 0 Å². The summed E-state index contributed by atoms with van der Waals surface area (Å²) in [6.45, 7) is 0. The number of amides is 1. The molecule has 1 aromatic heterocycles. The van der Waals surface area contributed by atoms with Crippen molar-refractivity contribution in [2.24, 2.45) is 0 Å². The Hall–Kier alpha value is -1.34. The molecule has 2 heterocycles. The molecule has 1 fully saturated rings. The van der Waals surface area contributed by atoms with Gasteiger partial charge in [0.15, 0.2) is 15.6 Å². The fourth-order valence-electron chi connectivity index (χ4n) is 2.29. The summed E-state index contributed by atoms with van der Waals surface area (Å²) in [4.78, 5) is 12.1. The number of nitrogens with one attached hydrogen (secondary N) is 1. The van der Waals surface area contributed by atoms with E-state index >= 15 is 0 Å². The SMILES string of the molecule is O=C(N[C@H]1CCS(=O)(=O)C1)c1cc2cc(Br)ccc2o1. The third kappa shape index (κ3) is 2.73. The van der Waals surface area contributed by atoms with Crippen LogP contribution in [0.4, 0.5) is 0 Å². The monoisotopic (exact) mass is 357 g/mol. The molecule has 2 aromatic rings. The van der Waals surface area contributed by atoms with Gasteiger partial charge in [-0.05, 0) is 30.7 Å². The average Bonchev–Trinajstić information content (AvgIpc) is 2.92. The predicted octanol–water partition coefficient (Wildman–Crippen LogP) is 2.11. The van der Waals surface area contributed by atoms with Gasteiger partial charge in [-0.25, -0.2) is 8.42 Å². The molecule has 1 aliphatic heterocycles. The molecule has 20 heavy (non-hydrogen) atoms. The lowest BCUT2D eigenvalue weighted by atomic mass is 10.2. The van der Waals surface area contributed by atoms with Crippen LogP contribution in [0.1, 0.15) is 17.0 Å². The van der Waals surface area contributed by atoms with E-state index in [9.17, 15) is 13.2 Å². The average molecular weight is 358 g/mol. The second-order valence-corrected chi connectivity index (χ2v) is 8.01. The number of sulfone groups is 1. The topological polar surface area (TPSA) is 76.4 Å². The fraction of sp³-hybridized carbons (Fsp3) is 0.308. The maximum absolute atomic E-state index is 12.1. The Kier molecular flexibility index (Phi) is 3.33. The summed E-state index contributed by atoms with van der Waals surface area (Å²) in [6.07, 6.45) is 0.458. The van der Waals surface area contributed by atoms with Crippen molar-refractivity contribution in [3.05, 3.63) is 34.5 Å². The Morgan fingerprint density at radius 3 is 2.85 bits per heavy atom. The summed E-state index contributed by atoms with van der Waals surface area (Å²) < 4.78 is 29.1. The Labute approximate surface area is 124 Å². The summed E-state index contributed by atoms with van der Waals surface area (Å²) in [7, 11) is -3.01. The quantitative estimate of drug-likeness (QED) is 0.892. The second kappa shape index (κ2) is 4.89. The van der Waals surface area contributed by atoms with Gasteiger partial charge in [-0.1, -0.05) is 15.9 Å². The Morgan fingerprint density at radius 1 is 1.35 bits per heavy atom. The van der Waals surface area contributed by atoms with Crippen LogP contribution >= 0.6 is 15.9 Å². The van der Waals surface area contributed by atoms with Gasteiger partial charge in [0.25, 0.3) is 5.91 Å². The third-order valence-electron chi connectivity index (χ3n) is 3.27. The van der Waals surface area contributed by atoms with Crippen LogP contribution < -0.4 is 5.32 Å². The molecule has 1 aromatic carbocycles. The van der Waals surface area contributed by atoms with Crippen LogP contribution in [0.5, 0.6) is 0 Å². The standard InChI is InChI=1S/C13H12BrNO4S/c14-9-1-2-11-8(5-9)6-12(19-11)13(16)15-10-3-4-20(17,18)7-10/h1-2,5-6,10H,3-4,7H2,(H,15,16)/t10-/m0/s1. The first-order valence-electron chi connectivity index (χ1n) is 6.13. The molecular weight excluding hydrogens is 346 g/mol. The molecule has 1 N–H and O–H groups in total. The maximum atomic E-state index is 12.1. The van der Waals surface area contributed by atoms with Crippen LogP contribution in [-0.4, -0.2) is 31.9 Å². The van der Waals surface area contributed by atoms with Gasteiger partial charge in [-0.3, -0.25) is 4.79 Å². The van der Waals surface area contributed by atoms with Crippen molar-refractivity contribution in [2.45, 2.75) is 12.5 Å². The van der Waals surface area contributed by atoms with E-state index in [1.807, 2.05) is 12.1 Å². The Morgan fingerprint density at radius 2 is 2.15 bits per heavy atom. The molecule has 0 saturated carbocycles. The molecule has 0 spiro atoms. The molecule has 7 heteroatoms. The smallest absolute Gasteiger partial charge is 0.287 e. The predicted molar refractivity (Wildman–Crippen MR) is 78.4 cm³/mol. The van der Waals surface area contributed by atoms with Crippen LogP contribution in [0.25, 0.3) is 11.0 Å². The number of carbonyl (C=O) groups is 1. The van der Waals surface area contributed by atoms with Gasteiger partial charge < -0.3 is 9.73 Å². The first-order valence-corrected chi connectivity index (χ1v) is 8.75. The molecule has 0 aliphatic carbocycles. The zero-order valence-corrected chi connectivity index (χ0v) is 12.8. The van der Waals surface area contributed by atoms with Crippen molar-refractivity contribution >= 4 is 42.6 Å². The fourth-order valence-corrected chi connectivity index (χ4v) is 4.34. The van der Waals surface area contributed by atoms with Gasteiger partial charge in [0.2, 0.25) is 0 Å². The molecule has 0 unspecified atom stereocenters. The van der Waals surface area contributed by atoms with E-state index in [0.29, 0.717) is 12.0 Å². The number of benzene rings is 1. The first kappa shape index (κ1) is 13.6. The molecule has 5 nitrogen and oxygen atoms in total. The summed E-state index contributed by atoms with van der Waals surface area (Å²) in [5, 5.41) is 3.53. The van der Waals surface area contributed by atoms with Gasteiger partial charge in [-0.15, -0.1) is 0 Å². The summed E-state index contributed by atoms with van der Waals surface area (Å²) in [5.74, 6) is -0.0444. The minimum Gasteiger partial charge on any atom is -0.451 e. The molecule has 0 bridgehead atoms. The van der Waals surface area contributed by atoms with Crippen LogP contribution in [0.15, 0.2) is 33.2 Å². The largest absolute Gasteiger partial charge is 0.451 e. The van der Waals surface area contributed by atoms with E-state index in [4.69, 9.17) is 4.42 Å².